The van der Waals surface area contributed by atoms with E-state index in [-0.39, 0.29) is 5.92 Å². The lowest BCUT2D eigenvalue weighted by Gasteiger charge is -2.22. The van der Waals surface area contributed by atoms with E-state index in [4.69, 9.17) is 14.2 Å². The van der Waals surface area contributed by atoms with Gasteiger partial charge in [0.05, 0.1) is 0 Å². The van der Waals surface area contributed by atoms with Crippen LogP contribution in [0.25, 0.3) is 0 Å². The van der Waals surface area contributed by atoms with Crippen LogP contribution in [0.2, 0.25) is 0 Å². The van der Waals surface area contributed by atoms with Gasteiger partial charge in [-0.05, 0) is 93.9 Å². The van der Waals surface area contributed by atoms with E-state index in [2.05, 4.69) is 16.0 Å². The van der Waals surface area contributed by atoms with Gasteiger partial charge in [-0.3, -0.25) is 0 Å². The quantitative estimate of drug-likeness (QED) is 0.283. The summed E-state index contributed by atoms with van der Waals surface area (Å²) in [6, 6.07) is 0. The number of carbonyl (C=O) groups is 3. The Morgan fingerprint density at radius 3 is 1.36 bits per heavy atom. The largest absolute Gasteiger partial charge is 0.444 e. The van der Waals surface area contributed by atoms with Gasteiger partial charge in [-0.2, -0.15) is 0 Å². The molecule has 9 nitrogen and oxygen atoms in total. The number of alkyl carbamates (subject to hydrolysis) is 3. The lowest BCUT2D eigenvalue weighted by atomic mass is 9.96. The van der Waals surface area contributed by atoms with E-state index >= 15 is 0 Å². The van der Waals surface area contributed by atoms with Crippen LogP contribution in [0.1, 0.15) is 94.4 Å². The smallest absolute Gasteiger partial charge is 0.407 e. The van der Waals surface area contributed by atoms with Gasteiger partial charge in [0.2, 0.25) is 0 Å². The molecule has 3 N–H and O–H groups in total. The van der Waals surface area contributed by atoms with Gasteiger partial charge in [0.15, 0.2) is 0 Å². The van der Waals surface area contributed by atoms with Gasteiger partial charge in [-0.15, -0.1) is 0 Å². The molecule has 0 aromatic rings. The standard InChI is InChI=1S/C24H47N3O6/c1-22(2,3)31-19(28)25-15-11-10-13-18(17-27-21(30)33-24(7,8)9)14-12-16-26-20(29)32-23(4,5)6/h18H,10-17H2,1-9H3,(H,25,28)(H,26,29)(H,27,30). The SMILES string of the molecule is CC(C)(C)OC(=O)NCCCCC(CCCNC(=O)OC(C)(C)C)CNC(=O)OC(C)(C)C. The Morgan fingerprint density at radius 2 is 0.939 bits per heavy atom. The number of hydrogen-bond acceptors (Lipinski definition) is 6. The Balaban J connectivity index is 4.44. The monoisotopic (exact) mass is 473 g/mol. The molecule has 0 heterocycles. The van der Waals surface area contributed by atoms with Crippen molar-refractivity contribution >= 4 is 18.3 Å². The Bertz CT molecular complexity index is 603. The van der Waals surface area contributed by atoms with Crippen molar-refractivity contribution in [3.05, 3.63) is 0 Å². The fourth-order valence-corrected chi connectivity index (χ4v) is 2.85. The first-order chi connectivity index (χ1) is 15.0. The van der Waals surface area contributed by atoms with Crippen LogP contribution in [-0.4, -0.2) is 54.7 Å². The molecule has 0 saturated heterocycles. The Morgan fingerprint density at radius 1 is 0.576 bits per heavy atom. The third kappa shape index (κ3) is 21.4. The lowest BCUT2D eigenvalue weighted by molar-refractivity contribution is 0.0506. The third-order valence-electron chi connectivity index (χ3n) is 4.10. The second kappa shape index (κ2) is 14.2. The van der Waals surface area contributed by atoms with Crippen LogP contribution in [0.15, 0.2) is 0 Å². The van der Waals surface area contributed by atoms with Crippen molar-refractivity contribution in [2.24, 2.45) is 5.92 Å². The van der Waals surface area contributed by atoms with Gasteiger partial charge < -0.3 is 30.2 Å². The highest BCUT2D eigenvalue weighted by molar-refractivity contribution is 5.68. The summed E-state index contributed by atoms with van der Waals surface area (Å²) >= 11 is 0. The minimum absolute atomic E-state index is 0.222. The molecular formula is C24H47N3O6. The van der Waals surface area contributed by atoms with Crippen LogP contribution in [0.3, 0.4) is 0 Å². The highest BCUT2D eigenvalue weighted by atomic mass is 16.6. The van der Waals surface area contributed by atoms with Crippen molar-refractivity contribution in [2.45, 2.75) is 111 Å². The average Bonchev–Trinajstić information content (AvgIpc) is 2.57. The Labute approximate surface area is 200 Å². The van der Waals surface area contributed by atoms with E-state index in [0.29, 0.717) is 19.6 Å². The van der Waals surface area contributed by atoms with Crippen molar-refractivity contribution in [3.63, 3.8) is 0 Å². The number of carbonyl (C=O) groups excluding carboxylic acids is 3. The molecule has 3 amide bonds. The first kappa shape index (κ1) is 30.8. The van der Waals surface area contributed by atoms with E-state index in [1.54, 1.807) is 0 Å². The van der Waals surface area contributed by atoms with Gasteiger partial charge in [0.1, 0.15) is 16.8 Å². The molecule has 33 heavy (non-hydrogen) atoms. The maximum Gasteiger partial charge on any atom is 0.407 e. The van der Waals surface area contributed by atoms with Gasteiger partial charge in [0, 0.05) is 19.6 Å². The van der Waals surface area contributed by atoms with E-state index in [0.717, 1.165) is 32.1 Å². The zero-order chi connectivity index (χ0) is 25.7. The van der Waals surface area contributed by atoms with Gasteiger partial charge in [-0.1, -0.05) is 6.42 Å². The number of hydrogen-bond donors (Lipinski definition) is 3. The zero-order valence-electron chi connectivity index (χ0n) is 22.2. The number of rotatable bonds is 11. The van der Waals surface area contributed by atoms with Gasteiger partial charge in [0.25, 0.3) is 0 Å². The molecule has 0 radical (unpaired) electrons. The highest BCUT2D eigenvalue weighted by Crippen LogP contribution is 2.15. The van der Waals surface area contributed by atoms with Crippen molar-refractivity contribution in [2.75, 3.05) is 19.6 Å². The summed E-state index contributed by atoms with van der Waals surface area (Å²) in [6.07, 6.45) is 2.86. The number of amides is 3. The van der Waals surface area contributed by atoms with Crippen molar-refractivity contribution in [3.8, 4) is 0 Å². The number of nitrogens with one attached hydrogen (secondary N) is 3. The molecule has 0 rings (SSSR count). The van der Waals surface area contributed by atoms with E-state index in [1.807, 2.05) is 62.3 Å². The van der Waals surface area contributed by atoms with Gasteiger partial charge in [-0.25, -0.2) is 14.4 Å². The first-order valence-electron chi connectivity index (χ1n) is 11.9. The summed E-state index contributed by atoms with van der Waals surface area (Å²) in [6.45, 7) is 17.9. The predicted molar refractivity (Wildman–Crippen MR) is 129 cm³/mol. The molecule has 194 valence electrons. The second-order valence-electron chi connectivity index (χ2n) is 11.2. The molecule has 0 saturated carbocycles. The molecule has 1 unspecified atom stereocenters. The topological polar surface area (TPSA) is 115 Å². The van der Waals surface area contributed by atoms with E-state index < -0.39 is 35.1 Å². The molecular weight excluding hydrogens is 426 g/mol. The summed E-state index contributed by atoms with van der Waals surface area (Å²) in [7, 11) is 0. The minimum atomic E-state index is -0.551. The normalized spacial score (nSPS) is 13.0. The Kier molecular flexibility index (Phi) is 13.2. The second-order valence-corrected chi connectivity index (χ2v) is 11.2. The molecule has 0 aliphatic carbocycles. The molecule has 0 spiro atoms. The summed E-state index contributed by atoms with van der Waals surface area (Å²) < 4.78 is 15.8. The van der Waals surface area contributed by atoms with Crippen LogP contribution in [-0.2, 0) is 14.2 Å². The third-order valence-corrected chi connectivity index (χ3v) is 4.10. The van der Waals surface area contributed by atoms with Crippen LogP contribution < -0.4 is 16.0 Å². The minimum Gasteiger partial charge on any atom is -0.444 e. The first-order valence-corrected chi connectivity index (χ1v) is 11.9. The number of unbranched alkanes of at least 4 members (excludes halogenated alkanes) is 1. The highest BCUT2D eigenvalue weighted by Gasteiger charge is 2.19. The van der Waals surface area contributed by atoms with E-state index in [1.165, 1.54) is 0 Å². The summed E-state index contributed by atoms with van der Waals surface area (Å²) in [5.74, 6) is 0.222. The van der Waals surface area contributed by atoms with Crippen LogP contribution in [0.4, 0.5) is 14.4 Å². The van der Waals surface area contributed by atoms with Crippen molar-refractivity contribution in [1.82, 2.24) is 16.0 Å². The fourth-order valence-electron chi connectivity index (χ4n) is 2.85. The molecule has 0 bridgehead atoms. The summed E-state index contributed by atoms with van der Waals surface area (Å²) in [5.41, 5.74) is -1.60. The molecule has 0 aromatic heterocycles. The molecule has 0 fully saturated rings. The maximum atomic E-state index is 12.0. The van der Waals surface area contributed by atoms with Crippen molar-refractivity contribution in [1.29, 1.82) is 0 Å². The molecule has 0 aliphatic rings. The van der Waals surface area contributed by atoms with Crippen molar-refractivity contribution < 1.29 is 28.6 Å². The van der Waals surface area contributed by atoms with Gasteiger partial charge >= 0.3 is 18.3 Å². The van der Waals surface area contributed by atoms with Crippen LogP contribution >= 0.6 is 0 Å². The molecule has 0 aromatic carbocycles. The number of ether oxygens (including phenoxy) is 3. The zero-order valence-corrected chi connectivity index (χ0v) is 22.2. The van der Waals surface area contributed by atoms with Crippen LogP contribution in [0.5, 0.6) is 0 Å². The molecule has 9 heteroatoms. The predicted octanol–water partition coefficient (Wildman–Crippen LogP) is 5.13. The summed E-state index contributed by atoms with van der Waals surface area (Å²) in [4.78, 5) is 35.5. The maximum absolute atomic E-state index is 12.0. The Hall–Kier alpha value is -2.19. The van der Waals surface area contributed by atoms with Crippen LogP contribution in [0, 0.1) is 5.92 Å². The average molecular weight is 474 g/mol. The summed E-state index contributed by atoms with van der Waals surface area (Å²) in [5, 5.41) is 8.37. The molecule has 1 atom stereocenters. The van der Waals surface area contributed by atoms with E-state index in [9.17, 15) is 14.4 Å². The molecule has 0 aliphatic heterocycles. The lowest BCUT2D eigenvalue weighted by Crippen LogP contribution is -2.36. The fraction of sp³-hybridized carbons (Fsp3) is 0.875.